The van der Waals surface area contributed by atoms with Gasteiger partial charge in [0.25, 0.3) is 5.88 Å². The van der Waals surface area contributed by atoms with Crippen molar-refractivity contribution in [2.24, 2.45) is 7.05 Å². The zero-order valence-corrected chi connectivity index (χ0v) is 16.2. The average Bonchev–Trinajstić information content (AvgIpc) is 3.37. The molecule has 0 bridgehead atoms. The van der Waals surface area contributed by atoms with Crippen LogP contribution in [-0.2, 0) is 7.05 Å². The quantitative estimate of drug-likeness (QED) is 0.463. The molecule has 0 fully saturated rings. The molecule has 5 aromatic rings. The fourth-order valence-electron chi connectivity index (χ4n) is 3.56. The summed E-state index contributed by atoms with van der Waals surface area (Å²) in [6.45, 7) is 0. The number of aryl methyl sites for hydroxylation is 1. The maximum atomic E-state index is 11.9. The first kappa shape index (κ1) is 17.7. The van der Waals surface area contributed by atoms with E-state index in [1.807, 2.05) is 40.9 Å². The van der Waals surface area contributed by atoms with E-state index in [4.69, 9.17) is 19.4 Å². The van der Waals surface area contributed by atoms with E-state index in [-0.39, 0.29) is 0 Å². The third-order valence-electron chi connectivity index (χ3n) is 5.06. The van der Waals surface area contributed by atoms with Gasteiger partial charge in [0, 0.05) is 30.6 Å². The number of oxazole rings is 1. The Balaban J connectivity index is 1.85. The first-order valence-electron chi connectivity index (χ1n) is 9.12. The summed E-state index contributed by atoms with van der Waals surface area (Å²) in [5.74, 6) is -0.0365. The van der Waals surface area contributed by atoms with E-state index in [0.29, 0.717) is 33.9 Å². The van der Waals surface area contributed by atoms with E-state index in [1.54, 1.807) is 32.5 Å². The normalized spacial score (nSPS) is 11.1. The smallest absolute Gasteiger partial charge is 0.419 e. The topological polar surface area (TPSA) is 98.4 Å². The van der Waals surface area contributed by atoms with Crippen LogP contribution in [0.5, 0.6) is 5.88 Å². The predicted molar refractivity (Wildman–Crippen MR) is 110 cm³/mol. The maximum Gasteiger partial charge on any atom is 0.419 e. The minimum atomic E-state index is -0.421. The highest BCUT2D eigenvalue weighted by atomic mass is 16.5. The molecule has 0 amide bonds. The van der Waals surface area contributed by atoms with Crippen molar-refractivity contribution < 1.29 is 9.15 Å². The number of fused-ring (bicyclic) bond motifs is 2. The lowest BCUT2D eigenvalue weighted by Crippen LogP contribution is -2.08. The number of aromatic nitrogens is 4. The molecule has 30 heavy (non-hydrogen) atoms. The molecule has 0 radical (unpaired) electrons. The molecule has 5 rings (SSSR count). The summed E-state index contributed by atoms with van der Waals surface area (Å²) in [6, 6.07) is 14.8. The Kier molecular flexibility index (Phi) is 3.89. The van der Waals surface area contributed by atoms with E-state index < -0.39 is 5.76 Å². The summed E-state index contributed by atoms with van der Waals surface area (Å²) in [5.41, 5.74) is 5.34. The van der Waals surface area contributed by atoms with Gasteiger partial charge in [-0.15, -0.1) is 0 Å². The molecule has 0 saturated carbocycles. The van der Waals surface area contributed by atoms with Gasteiger partial charge in [-0.05, 0) is 24.3 Å². The fraction of sp³-hybridized carbons (Fsp3) is 0.0909. The molecule has 8 nitrogen and oxygen atoms in total. The number of ether oxygens (including phenoxy) is 1. The van der Waals surface area contributed by atoms with Crippen molar-refractivity contribution in [1.29, 1.82) is 5.26 Å². The van der Waals surface area contributed by atoms with Gasteiger partial charge < -0.3 is 9.15 Å². The van der Waals surface area contributed by atoms with Crippen LogP contribution in [0.4, 0.5) is 0 Å². The van der Waals surface area contributed by atoms with Gasteiger partial charge in [0.1, 0.15) is 0 Å². The maximum absolute atomic E-state index is 11.9. The van der Waals surface area contributed by atoms with Crippen LogP contribution in [0.2, 0.25) is 0 Å². The van der Waals surface area contributed by atoms with Crippen molar-refractivity contribution in [3.05, 3.63) is 71.0 Å². The van der Waals surface area contributed by atoms with Crippen molar-refractivity contribution in [2.75, 3.05) is 7.11 Å². The molecule has 2 aromatic carbocycles. The van der Waals surface area contributed by atoms with Gasteiger partial charge in [0.15, 0.2) is 5.58 Å². The molecule has 0 unspecified atom stereocenters. The van der Waals surface area contributed by atoms with Crippen LogP contribution in [-0.4, -0.2) is 26.0 Å². The lowest BCUT2D eigenvalue weighted by molar-refractivity contribution is 0.401. The molecule has 0 saturated heterocycles. The van der Waals surface area contributed by atoms with E-state index >= 15 is 0 Å². The fourth-order valence-corrected chi connectivity index (χ4v) is 3.56. The van der Waals surface area contributed by atoms with Crippen LogP contribution in [0.25, 0.3) is 39.3 Å². The summed E-state index contributed by atoms with van der Waals surface area (Å²) in [7, 11) is 3.21. The lowest BCUT2D eigenvalue weighted by atomic mass is 10.0. The van der Waals surface area contributed by atoms with Crippen LogP contribution in [0, 0.1) is 11.3 Å². The van der Waals surface area contributed by atoms with Crippen LogP contribution in [0.15, 0.2) is 64.1 Å². The zero-order chi connectivity index (χ0) is 20.8. The van der Waals surface area contributed by atoms with E-state index in [1.165, 1.54) is 4.57 Å². The van der Waals surface area contributed by atoms with Crippen molar-refractivity contribution >= 4 is 16.7 Å². The monoisotopic (exact) mass is 397 g/mol. The molecule has 0 spiro atoms. The molecule has 0 aliphatic carbocycles. The number of benzene rings is 2. The largest absolute Gasteiger partial charge is 0.478 e. The summed E-state index contributed by atoms with van der Waals surface area (Å²) in [6.07, 6.45) is 3.50. The number of hydrogen-bond donors (Lipinski definition) is 0. The van der Waals surface area contributed by atoms with Gasteiger partial charge in [-0.25, -0.2) is 14.8 Å². The second-order valence-electron chi connectivity index (χ2n) is 6.74. The van der Waals surface area contributed by atoms with Gasteiger partial charge in [-0.3, -0.25) is 8.97 Å². The van der Waals surface area contributed by atoms with Crippen molar-refractivity contribution in [3.8, 4) is 34.5 Å². The Labute approximate surface area is 170 Å². The third-order valence-corrected chi connectivity index (χ3v) is 5.06. The minimum absolute atomic E-state index is 0.385. The van der Waals surface area contributed by atoms with Crippen LogP contribution >= 0.6 is 0 Å². The van der Waals surface area contributed by atoms with Crippen LogP contribution in [0.1, 0.15) is 5.56 Å². The van der Waals surface area contributed by atoms with Gasteiger partial charge in [0.05, 0.1) is 35.6 Å². The molecule has 8 heteroatoms. The third kappa shape index (κ3) is 2.57. The molecule has 0 N–H and O–H groups in total. The first-order valence-corrected chi connectivity index (χ1v) is 9.12. The molecule has 3 aromatic heterocycles. The number of nitrogens with zero attached hydrogens (tertiary/aromatic N) is 5. The summed E-state index contributed by atoms with van der Waals surface area (Å²) >= 11 is 0. The van der Waals surface area contributed by atoms with E-state index in [2.05, 4.69) is 11.1 Å². The first-order chi connectivity index (χ1) is 14.6. The van der Waals surface area contributed by atoms with E-state index in [9.17, 15) is 4.79 Å². The summed E-state index contributed by atoms with van der Waals surface area (Å²) < 4.78 is 14.2. The van der Waals surface area contributed by atoms with E-state index in [0.717, 1.165) is 16.8 Å². The second-order valence-corrected chi connectivity index (χ2v) is 6.74. The molecular formula is C22H15N5O3. The highest BCUT2D eigenvalue weighted by Crippen LogP contribution is 2.35. The average molecular weight is 397 g/mol. The minimum Gasteiger partial charge on any atom is -0.478 e. The van der Waals surface area contributed by atoms with Crippen LogP contribution < -0.4 is 10.5 Å². The van der Waals surface area contributed by atoms with Crippen molar-refractivity contribution in [1.82, 2.24) is 18.9 Å². The molecular weight excluding hydrogens is 382 g/mol. The molecule has 3 heterocycles. The van der Waals surface area contributed by atoms with Gasteiger partial charge in [0.2, 0.25) is 5.65 Å². The number of rotatable bonds is 3. The number of nitriles is 1. The molecule has 146 valence electrons. The number of methoxy groups -OCH3 is 1. The highest BCUT2D eigenvalue weighted by molar-refractivity contribution is 5.86. The Bertz CT molecular complexity index is 1520. The number of hydrogen-bond acceptors (Lipinski definition) is 6. The van der Waals surface area contributed by atoms with Gasteiger partial charge in [-0.1, -0.05) is 18.2 Å². The zero-order valence-electron chi connectivity index (χ0n) is 16.2. The van der Waals surface area contributed by atoms with Crippen LogP contribution in [0.3, 0.4) is 0 Å². The standard InChI is InChI=1S/C22H15N5O3/c1-26-16-8-7-15(11-17(16)30-22(26)28)19-18(14-5-3-13(12-23)4-6-14)25-21(29-2)20-24-9-10-27(19)20/h3-11H,1-2H3. The predicted octanol–water partition coefficient (Wildman–Crippen LogP) is 3.39. The Morgan fingerprint density at radius 2 is 1.90 bits per heavy atom. The molecule has 0 atom stereocenters. The Hall–Kier alpha value is -4.38. The van der Waals surface area contributed by atoms with Gasteiger partial charge in [-0.2, -0.15) is 5.26 Å². The molecule has 0 aliphatic rings. The lowest BCUT2D eigenvalue weighted by Gasteiger charge is -2.14. The molecule has 0 aliphatic heterocycles. The number of imidazole rings is 1. The Morgan fingerprint density at radius 1 is 1.13 bits per heavy atom. The summed E-state index contributed by atoms with van der Waals surface area (Å²) in [4.78, 5) is 21.0. The highest BCUT2D eigenvalue weighted by Gasteiger charge is 2.19. The van der Waals surface area contributed by atoms with Gasteiger partial charge >= 0.3 is 5.76 Å². The Morgan fingerprint density at radius 3 is 2.63 bits per heavy atom. The second kappa shape index (κ2) is 6.60. The summed E-state index contributed by atoms with van der Waals surface area (Å²) in [5, 5.41) is 9.12. The van der Waals surface area contributed by atoms with Crippen molar-refractivity contribution in [3.63, 3.8) is 0 Å². The van der Waals surface area contributed by atoms with Crippen molar-refractivity contribution in [2.45, 2.75) is 0 Å². The SMILES string of the molecule is COc1nc(-c2ccc(C#N)cc2)c(-c2ccc3c(c2)oc(=O)n3C)n2ccnc12.